The lowest BCUT2D eigenvalue weighted by atomic mass is 10.1. The minimum Gasteiger partial charge on any atom is -0.306 e. The third-order valence-electron chi connectivity index (χ3n) is 2.31. The number of aryl methyl sites for hydroxylation is 1. The Morgan fingerprint density at radius 2 is 2.06 bits per heavy atom. The highest BCUT2D eigenvalue weighted by atomic mass is 32.1. The Morgan fingerprint density at radius 3 is 2.65 bits per heavy atom. The molecule has 0 saturated heterocycles. The minimum absolute atomic E-state index is 0.144. The molecule has 2 heterocycles. The van der Waals surface area contributed by atoms with E-state index >= 15 is 0 Å². The van der Waals surface area contributed by atoms with Gasteiger partial charge < -0.3 is 5.32 Å². The Labute approximate surface area is 111 Å². The van der Waals surface area contributed by atoms with Gasteiger partial charge in [0.25, 0.3) is 0 Å². The highest BCUT2D eigenvalue weighted by Crippen LogP contribution is 2.28. The highest BCUT2D eigenvalue weighted by Gasteiger charge is 2.11. The third kappa shape index (κ3) is 3.63. The van der Waals surface area contributed by atoms with Crippen LogP contribution < -0.4 is 5.32 Å². The molecule has 0 aliphatic heterocycles. The van der Waals surface area contributed by atoms with E-state index < -0.39 is 0 Å². The van der Waals surface area contributed by atoms with E-state index in [2.05, 4.69) is 55.5 Å². The monoisotopic (exact) mass is 266 g/mol. The summed E-state index contributed by atoms with van der Waals surface area (Å²) in [6.45, 7) is 9.49. The summed E-state index contributed by atoms with van der Waals surface area (Å²) in [6.07, 6.45) is 0. The molecule has 2 aromatic rings. The van der Waals surface area contributed by atoms with Crippen molar-refractivity contribution in [3.8, 4) is 10.6 Å². The van der Waals surface area contributed by atoms with Crippen LogP contribution in [0.4, 0.5) is 0 Å². The van der Waals surface area contributed by atoms with Crippen LogP contribution in [0, 0.1) is 6.92 Å². The maximum atomic E-state index is 4.66. The van der Waals surface area contributed by atoms with E-state index in [1.54, 1.807) is 22.7 Å². The topological polar surface area (TPSA) is 24.9 Å². The first-order valence-electron chi connectivity index (χ1n) is 5.70. The number of aromatic nitrogens is 1. The van der Waals surface area contributed by atoms with Gasteiger partial charge in [-0.05, 0) is 39.8 Å². The Hall–Kier alpha value is -0.710. The fourth-order valence-electron chi connectivity index (χ4n) is 1.42. The van der Waals surface area contributed by atoms with Crippen LogP contribution in [-0.4, -0.2) is 10.5 Å². The molecule has 1 N–H and O–H groups in total. The minimum atomic E-state index is 0.144. The first-order chi connectivity index (χ1) is 7.94. The molecule has 0 aliphatic rings. The number of nitrogens with one attached hydrogen (secondary N) is 1. The van der Waals surface area contributed by atoms with Crippen molar-refractivity contribution in [2.75, 3.05) is 0 Å². The van der Waals surface area contributed by atoms with Crippen molar-refractivity contribution in [2.45, 2.75) is 39.8 Å². The summed E-state index contributed by atoms with van der Waals surface area (Å²) in [4.78, 5) is 7.26. The third-order valence-corrected chi connectivity index (χ3v) is 4.19. The van der Waals surface area contributed by atoms with E-state index in [4.69, 9.17) is 0 Å². The van der Waals surface area contributed by atoms with Crippen LogP contribution in [0.5, 0.6) is 0 Å². The summed E-state index contributed by atoms with van der Waals surface area (Å²) in [7, 11) is 0. The summed E-state index contributed by atoms with van der Waals surface area (Å²) < 4.78 is 0. The van der Waals surface area contributed by atoms with Gasteiger partial charge in [0.05, 0.1) is 10.6 Å². The average molecular weight is 266 g/mol. The van der Waals surface area contributed by atoms with Crippen molar-refractivity contribution in [3.05, 3.63) is 27.4 Å². The van der Waals surface area contributed by atoms with Gasteiger partial charge in [-0.15, -0.1) is 22.7 Å². The Morgan fingerprint density at radius 1 is 1.29 bits per heavy atom. The summed E-state index contributed by atoms with van der Waals surface area (Å²) in [5.41, 5.74) is 1.25. The quantitative estimate of drug-likeness (QED) is 0.906. The summed E-state index contributed by atoms with van der Waals surface area (Å²) in [5, 5.41) is 6.76. The Balaban J connectivity index is 2.06. The van der Waals surface area contributed by atoms with Crippen LogP contribution in [0.15, 0.2) is 17.5 Å². The Kier molecular flexibility index (Phi) is 3.66. The van der Waals surface area contributed by atoms with Crippen molar-refractivity contribution < 1.29 is 0 Å². The number of nitrogens with zero attached hydrogens (tertiary/aromatic N) is 1. The van der Waals surface area contributed by atoms with Gasteiger partial charge in [0.2, 0.25) is 0 Å². The largest absolute Gasteiger partial charge is 0.306 e. The molecule has 0 radical (unpaired) electrons. The smallest absolute Gasteiger partial charge is 0.107 e. The summed E-state index contributed by atoms with van der Waals surface area (Å²) in [6, 6.07) is 4.29. The molecule has 0 amide bonds. The molecular weight excluding hydrogens is 248 g/mol. The van der Waals surface area contributed by atoms with E-state index in [0.717, 1.165) is 17.2 Å². The van der Waals surface area contributed by atoms with Crippen molar-refractivity contribution in [1.82, 2.24) is 10.3 Å². The van der Waals surface area contributed by atoms with Crippen LogP contribution in [0.3, 0.4) is 0 Å². The van der Waals surface area contributed by atoms with Crippen molar-refractivity contribution >= 4 is 22.7 Å². The maximum absolute atomic E-state index is 4.66. The van der Waals surface area contributed by atoms with Crippen LogP contribution in [0.25, 0.3) is 10.6 Å². The molecule has 17 heavy (non-hydrogen) atoms. The molecule has 0 bridgehead atoms. The Bertz CT molecular complexity index is 491. The molecule has 0 saturated carbocycles. The molecule has 92 valence electrons. The molecule has 2 nitrogen and oxygen atoms in total. The second-order valence-electron chi connectivity index (χ2n) is 5.14. The van der Waals surface area contributed by atoms with E-state index in [1.165, 1.54) is 9.75 Å². The molecule has 0 unspecified atom stereocenters. The van der Waals surface area contributed by atoms with Crippen molar-refractivity contribution in [3.63, 3.8) is 0 Å². The number of thiophene rings is 1. The van der Waals surface area contributed by atoms with Gasteiger partial charge in [0, 0.05) is 22.3 Å². The molecular formula is C13H18N2S2. The second kappa shape index (κ2) is 4.88. The first-order valence-corrected chi connectivity index (χ1v) is 7.40. The molecule has 0 aromatic carbocycles. The molecule has 0 spiro atoms. The van der Waals surface area contributed by atoms with E-state index in [0.29, 0.717) is 0 Å². The van der Waals surface area contributed by atoms with Gasteiger partial charge in [-0.2, -0.15) is 0 Å². The van der Waals surface area contributed by atoms with Crippen molar-refractivity contribution in [2.24, 2.45) is 0 Å². The molecule has 0 aliphatic carbocycles. The van der Waals surface area contributed by atoms with Gasteiger partial charge in [0.15, 0.2) is 0 Å². The molecule has 0 fully saturated rings. The standard InChI is InChI=1S/C13H18N2S2/c1-9-5-6-11(17-9)10-8-16-12(15-10)7-14-13(2,3)4/h5-6,8,14H,7H2,1-4H3. The fourth-order valence-corrected chi connectivity index (χ4v) is 3.05. The highest BCUT2D eigenvalue weighted by molar-refractivity contribution is 7.16. The van der Waals surface area contributed by atoms with Gasteiger partial charge in [-0.3, -0.25) is 0 Å². The van der Waals surface area contributed by atoms with Gasteiger partial charge in [0.1, 0.15) is 5.01 Å². The lowest BCUT2D eigenvalue weighted by molar-refractivity contribution is 0.424. The number of hydrogen-bond acceptors (Lipinski definition) is 4. The lowest BCUT2D eigenvalue weighted by Crippen LogP contribution is -2.34. The summed E-state index contributed by atoms with van der Waals surface area (Å²) >= 11 is 3.53. The zero-order valence-corrected chi connectivity index (χ0v) is 12.3. The fraction of sp³-hybridized carbons (Fsp3) is 0.462. The van der Waals surface area contributed by atoms with E-state index in [1.807, 2.05) is 0 Å². The zero-order chi connectivity index (χ0) is 12.5. The normalized spacial score (nSPS) is 12.0. The van der Waals surface area contributed by atoms with Crippen LogP contribution >= 0.6 is 22.7 Å². The van der Waals surface area contributed by atoms with Crippen LogP contribution in [-0.2, 0) is 6.54 Å². The van der Waals surface area contributed by atoms with Crippen molar-refractivity contribution in [1.29, 1.82) is 0 Å². The SMILES string of the molecule is Cc1ccc(-c2csc(CNC(C)(C)C)n2)s1. The average Bonchev–Trinajstić information content (AvgIpc) is 2.81. The number of hydrogen-bond donors (Lipinski definition) is 1. The maximum Gasteiger partial charge on any atom is 0.107 e. The number of rotatable bonds is 3. The predicted molar refractivity (Wildman–Crippen MR) is 76.8 cm³/mol. The predicted octanol–water partition coefficient (Wildman–Crippen LogP) is 4.07. The van der Waals surface area contributed by atoms with E-state index in [9.17, 15) is 0 Å². The molecule has 2 rings (SSSR count). The van der Waals surface area contributed by atoms with Gasteiger partial charge in [-0.1, -0.05) is 0 Å². The van der Waals surface area contributed by atoms with E-state index in [-0.39, 0.29) is 5.54 Å². The molecule has 4 heteroatoms. The van der Waals surface area contributed by atoms with Crippen LogP contribution in [0.2, 0.25) is 0 Å². The first kappa shape index (κ1) is 12.7. The van der Waals surface area contributed by atoms with Gasteiger partial charge in [-0.25, -0.2) is 4.98 Å². The number of thiazole rings is 1. The lowest BCUT2D eigenvalue weighted by Gasteiger charge is -2.19. The second-order valence-corrected chi connectivity index (χ2v) is 7.37. The van der Waals surface area contributed by atoms with Gasteiger partial charge >= 0.3 is 0 Å². The zero-order valence-electron chi connectivity index (χ0n) is 10.7. The summed E-state index contributed by atoms with van der Waals surface area (Å²) in [5.74, 6) is 0. The van der Waals surface area contributed by atoms with Crippen LogP contribution in [0.1, 0.15) is 30.7 Å². The molecule has 0 atom stereocenters. The molecule has 2 aromatic heterocycles.